The van der Waals surface area contributed by atoms with Gasteiger partial charge in [0.15, 0.2) is 0 Å². The normalized spacial score (nSPS) is 15.8. The molecule has 1 nitrogen and oxygen atoms in total. The van der Waals surface area contributed by atoms with Gasteiger partial charge < -0.3 is 5.32 Å². The van der Waals surface area contributed by atoms with E-state index in [1.807, 2.05) is 6.92 Å². The largest absolute Gasteiger partial charge is 0.360 e. The Labute approximate surface area is 115 Å². The van der Waals surface area contributed by atoms with Crippen LogP contribution >= 0.6 is 0 Å². The maximum atomic E-state index is 3.89. The predicted octanol–water partition coefficient (Wildman–Crippen LogP) is 4.74. The highest BCUT2D eigenvalue weighted by atomic mass is 14.9. The lowest BCUT2D eigenvalue weighted by atomic mass is 10.00. The summed E-state index contributed by atoms with van der Waals surface area (Å²) >= 11 is 0. The fourth-order valence-corrected chi connectivity index (χ4v) is 2.82. The van der Waals surface area contributed by atoms with Gasteiger partial charge in [0.2, 0.25) is 0 Å². The number of allylic oxidation sites excluding steroid dienone is 1. The summed E-state index contributed by atoms with van der Waals surface area (Å²) in [5, 5.41) is 3.28. The molecule has 0 fully saturated rings. The van der Waals surface area contributed by atoms with E-state index in [1.165, 1.54) is 27.8 Å². The van der Waals surface area contributed by atoms with Crippen molar-refractivity contribution in [2.24, 2.45) is 0 Å². The fourth-order valence-electron chi connectivity index (χ4n) is 2.82. The van der Waals surface area contributed by atoms with E-state index in [0.717, 1.165) is 11.4 Å². The minimum atomic E-state index is 0.501. The Morgan fingerprint density at radius 1 is 1.00 bits per heavy atom. The molecule has 1 atom stereocenters. The van der Waals surface area contributed by atoms with E-state index in [2.05, 4.69) is 62.1 Å². The SMILES string of the molecule is C=C(C)Nc1ccc2c(c1)C2c1ccc(C)cc1C. The number of anilines is 1. The van der Waals surface area contributed by atoms with Crippen molar-refractivity contribution in [3.63, 3.8) is 0 Å². The molecule has 3 rings (SSSR count). The maximum Gasteiger partial charge on any atom is 0.0384 e. The average Bonchev–Trinajstić information content (AvgIpc) is 3.01. The van der Waals surface area contributed by atoms with Crippen molar-refractivity contribution >= 4 is 5.69 Å². The lowest BCUT2D eigenvalue weighted by Crippen LogP contribution is -1.92. The summed E-state index contributed by atoms with van der Waals surface area (Å²) < 4.78 is 0. The molecule has 96 valence electrons. The minimum Gasteiger partial charge on any atom is -0.360 e. The zero-order valence-electron chi connectivity index (χ0n) is 11.7. The van der Waals surface area contributed by atoms with Crippen molar-refractivity contribution in [3.8, 4) is 0 Å². The van der Waals surface area contributed by atoms with Gasteiger partial charge >= 0.3 is 0 Å². The first-order chi connectivity index (χ1) is 9.06. The van der Waals surface area contributed by atoms with Gasteiger partial charge in [0.05, 0.1) is 0 Å². The number of nitrogens with one attached hydrogen (secondary N) is 1. The number of aryl methyl sites for hydroxylation is 2. The summed E-state index contributed by atoms with van der Waals surface area (Å²) in [6.45, 7) is 10.2. The number of hydrogen-bond donors (Lipinski definition) is 1. The first kappa shape index (κ1) is 12.0. The van der Waals surface area contributed by atoms with Crippen LogP contribution in [0.15, 0.2) is 48.7 Å². The minimum absolute atomic E-state index is 0.501. The Morgan fingerprint density at radius 3 is 2.42 bits per heavy atom. The lowest BCUT2D eigenvalue weighted by molar-refractivity contribution is 1.15. The summed E-state index contributed by atoms with van der Waals surface area (Å²) in [5.41, 5.74) is 9.17. The van der Waals surface area contributed by atoms with Gasteiger partial charge in [-0.2, -0.15) is 0 Å². The molecule has 0 bridgehead atoms. The molecule has 0 saturated carbocycles. The zero-order chi connectivity index (χ0) is 13.6. The van der Waals surface area contributed by atoms with Crippen LogP contribution in [-0.2, 0) is 0 Å². The first-order valence-corrected chi connectivity index (χ1v) is 6.70. The van der Waals surface area contributed by atoms with E-state index in [-0.39, 0.29) is 0 Å². The smallest absolute Gasteiger partial charge is 0.0384 e. The van der Waals surface area contributed by atoms with Crippen molar-refractivity contribution in [2.45, 2.75) is 26.7 Å². The van der Waals surface area contributed by atoms with Crippen molar-refractivity contribution < 1.29 is 0 Å². The number of fused-ring (bicyclic) bond motifs is 1. The molecule has 0 radical (unpaired) electrons. The molecule has 0 aromatic heterocycles. The highest BCUT2D eigenvalue weighted by Gasteiger charge is 2.34. The van der Waals surface area contributed by atoms with Gasteiger partial charge in [-0.15, -0.1) is 0 Å². The summed E-state index contributed by atoms with van der Waals surface area (Å²) in [5.74, 6) is 0.501. The van der Waals surface area contributed by atoms with Crippen molar-refractivity contribution in [1.29, 1.82) is 0 Å². The van der Waals surface area contributed by atoms with Crippen LogP contribution in [0.4, 0.5) is 5.69 Å². The van der Waals surface area contributed by atoms with Crippen LogP contribution in [0.1, 0.15) is 40.7 Å². The van der Waals surface area contributed by atoms with E-state index in [0.29, 0.717) is 5.92 Å². The Kier molecular flexibility index (Phi) is 2.70. The third kappa shape index (κ3) is 2.17. The first-order valence-electron chi connectivity index (χ1n) is 6.70. The third-order valence-corrected chi connectivity index (χ3v) is 3.72. The van der Waals surface area contributed by atoms with Gasteiger partial charge in [0, 0.05) is 17.3 Å². The lowest BCUT2D eigenvalue weighted by Gasteiger charge is -2.05. The second-order valence-corrected chi connectivity index (χ2v) is 5.54. The van der Waals surface area contributed by atoms with E-state index >= 15 is 0 Å². The number of hydrogen-bond acceptors (Lipinski definition) is 1. The summed E-state index contributed by atoms with van der Waals surface area (Å²) in [6, 6.07) is 13.3. The van der Waals surface area contributed by atoms with Crippen LogP contribution in [0, 0.1) is 13.8 Å². The van der Waals surface area contributed by atoms with Crippen LogP contribution in [0.5, 0.6) is 0 Å². The molecule has 0 amide bonds. The molecular formula is C18H19N. The van der Waals surface area contributed by atoms with Gasteiger partial charge in [-0.3, -0.25) is 0 Å². The van der Waals surface area contributed by atoms with Crippen LogP contribution in [0.2, 0.25) is 0 Å². The summed E-state index contributed by atoms with van der Waals surface area (Å²) in [6.07, 6.45) is 0. The van der Waals surface area contributed by atoms with E-state index in [4.69, 9.17) is 0 Å². The van der Waals surface area contributed by atoms with Crippen molar-refractivity contribution in [3.05, 3.63) is 76.5 Å². The summed E-state index contributed by atoms with van der Waals surface area (Å²) in [7, 11) is 0. The molecule has 1 N–H and O–H groups in total. The number of rotatable bonds is 3. The van der Waals surface area contributed by atoms with E-state index in [9.17, 15) is 0 Å². The molecule has 0 heterocycles. The molecule has 0 aliphatic heterocycles. The Hall–Kier alpha value is -2.02. The molecule has 1 aliphatic carbocycles. The topological polar surface area (TPSA) is 12.0 Å². The molecule has 2 aromatic rings. The molecule has 1 aliphatic rings. The van der Waals surface area contributed by atoms with Gasteiger partial charge in [-0.1, -0.05) is 36.4 Å². The molecule has 2 aromatic carbocycles. The molecule has 1 heteroatoms. The highest BCUT2D eigenvalue weighted by molar-refractivity contribution is 5.67. The Bertz CT molecular complexity index is 667. The molecule has 0 saturated heterocycles. The van der Waals surface area contributed by atoms with Gasteiger partial charge in [0.25, 0.3) is 0 Å². The maximum absolute atomic E-state index is 3.89. The van der Waals surface area contributed by atoms with Gasteiger partial charge in [-0.05, 0) is 55.2 Å². The van der Waals surface area contributed by atoms with E-state index < -0.39 is 0 Å². The van der Waals surface area contributed by atoms with Crippen molar-refractivity contribution in [2.75, 3.05) is 5.32 Å². The van der Waals surface area contributed by atoms with Gasteiger partial charge in [-0.25, -0.2) is 0 Å². The van der Waals surface area contributed by atoms with Crippen LogP contribution in [-0.4, -0.2) is 0 Å². The number of benzene rings is 2. The zero-order valence-corrected chi connectivity index (χ0v) is 11.7. The average molecular weight is 249 g/mol. The van der Waals surface area contributed by atoms with E-state index in [1.54, 1.807) is 0 Å². The van der Waals surface area contributed by atoms with Crippen molar-refractivity contribution in [1.82, 2.24) is 0 Å². The predicted molar refractivity (Wildman–Crippen MR) is 81.7 cm³/mol. The molecule has 19 heavy (non-hydrogen) atoms. The Morgan fingerprint density at radius 2 is 1.74 bits per heavy atom. The van der Waals surface area contributed by atoms with Crippen LogP contribution in [0.3, 0.4) is 0 Å². The Balaban J connectivity index is 1.90. The molecular weight excluding hydrogens is 230 g/mol. The van der Waals surface area contributed by atoms with Gasteiger partial charge in [0.1, 0.15) is 0 Å². The summed E-state index contributed by atoms with van der Waals surface area (Å²) in [4.78, 5) is 0. The standard InChI is InChI=1S/C18H19N/c1-11(2)19-14-6-8-16-17(10-14)18(16)15-7-5-12(3)9-13(15)4/h5-10,18-19H,1H2,2-4H3. The third-order valence-electron chi connectivity index (χ3n) is 3.72. The fraction of sp³-hybridized carbons (Fsp3) is 0.222. The monoisotopic (exact) mass is 249 g/mol. The highest BCUT2D eigenvalue weighted by Crippen LogP contribution is 2.50. The second kappa shape index (κ2) is 4.27. The molecule has 1 unspecified atom stereocenters. The molecule has 0 spiro atoms. The van der Waals surface area contributed by atoms with Crippen LogP contribution < -0.4 is 5.32 Å². The quantitative estimate of drug-likeness (QED) is 0.706. The second-order valence-electron chi connectivity index (χ2n) is 5.54. The van der Waals surface area contributed by atoms with Crippen LogP contribution in [0.25, 0.3) is 0 Å².